The Morgan fingerprint density at radius 2 is 1.72 bits per heavy atom. The third-order valence-electron chi connectivity index (χ3n) is 3.57. The van der Waals surface area contributed by atoms with Crippen LogP contribution in [0.25, 0.3) is 0 Å². The van der Waals surface area contributed by atoms with E-state index in [1.54, 1.807) is 0 Å². The zero-order chi connectivity index (χ0) is 13.8. The second-order valence-electron chi connectivity index (χ2n) is 6.82. The predicted molar refractivity (Wildman–Crippen MR) is 75.9 cm³/mol. The van der Waals surface area contributed by atoms with Crippen LogP contribution in [0.4, 0.5) is 0 Å². The maximum absolute atomic E-state index is 5.78. The molecule has 0 unspecified atom stereocenters. The molecule has 3 heteroatoms. The summed E-state index contributed by atoms with van der Waals surface area (Å²) in [4.78, 5) is 0. The Labute approximate surface area is 113 Å². The SMILES string of the molecule is CC(C)[C@H](C)NC1CC(OCCOC(C)(C)C)C1. The Morgan fingerprint density at radius 3 is 2.22 bits per heavy atom. The Balaban J connectivity index is 1.99. The molecule has 0 aromatic rings. The van der Waals surface area contributed by atoms with Gasteiger partial charge in [0.25, 0.3) is 0 Å². The highest BCUT2D eigenvalue weighted by atomic mass is 16.5. The Hall–Kier alpha value is -0.120. The number of hydrogen-bond donors (Lipinski definition) is 1. The van der Waals surface area contributed by atoms with Gasteiger partial charge in [0.15, 0.2) is 0 Å². The average molecular weight is 257 g/mol. The van der Waals surface area contributed by atoms with E-state index < -0.39 is 0 Å². The summed E-state index contributed by atoms with van der Waals surface area (Å²) in [5.41, 5.74) is -0.0558. The third-order valence-corrected chi connectivity index (χ3v) is 3.57. The van der Waals surface area contributed by atoms with Crippen LogP contribution in [0, 0.1) is 5.92 Å². The third kappa shape index (κ3) is 6.17. The zero-order valence-corrected chi connectivity index (χ0v) is 13.0. The lowest BCUT2D eigenvalue weighted by Crippen LogP contribution is -2.50. The van der Waals surface area contributed by atoms with E-state index in [2.05, 4.69) is 46.9 Å². The largest absolute Gasteiger partial charge is 0.376 e. The number of nitrogens with one attached hydrogen (secondary N) is 1. The maximum Gasteiger partial charge on any atom is 0.0707 e. The summed E-state index contributed by atoms with van der Waals surface area (Å²) in [6, 6.07) is 1.25. The van der Waals surface area contributed by atoms with Gasteiger partial charge < -0.3 is 14.8 Å². The summed E-state index contributed by atoms with van der Waals surface area (Å²) in [5, 5.41) is 3.65. The first-order valence-electron chi connectivity index (χ1n) is 7.29. The Kier molecular flexibility index (Phi) is 6.09. The van der Waals surface area contributed by atoms with Gasteiger partial charge in [-0.05, 0) is 46.5 Å². The van der Waals surface area contributed by atoms with E-state index in [0.29, 0.717) is 37.3 Å². The van der Waals surface area contributed by atoms with Crippen LogP contribution in [0.2, 0.25) is 0 Å². The van der Waals surface area contributed by atoms with E-state index in [1.165, 1.54) is 0 Å². The normalized spacial score (nSPS) is 26.2. The first-order chi connectivity index (χ1) is 8.28. The summed E-state index contributed by atoms with van der Waals surface area (Å²) in [6.07, 6.45) is 2.73. The van der Waals surface area contributed by atoms with Gasteiger partial charge >= 0.3 is 0 Å². The van der Waals surface area contributed by atoms with Crippen LogP contribution in [-0.2, 0) is 9.47 Å². The Bertz CT molecular complexity index is 229. The van der Waals surface area contributed by atoms with Crippen molar-refractivity contribution < 1.29 is 9.47 Å². The van der Waals surface area contributed by atoms with Gasteiger partial charge in [0.05, 0.1) is 24.9 Å². The topological polar surface area (TPSA) is 30.5 Å². The predicted octanol–water partition coefficient (Wildman–Crippen LogP) is 2.98. The molecular weight excluding hydrogens is 226 g/mol. The average Bonchev–Trinajstić information content (AvgIpc) is 2.17. The lowest BCUT2D eigenvalue weighted by molar-refractivity contribution is -0.0748. The molecule has 108 valence electrons. The smallest absolute Gasteiger partial charge is 0.0707 e. The highest BCUT2D eigenvalue weighted by Crippen LogP contribution is 2.24. The van der Waals surface area contributed by atoms with Crippen molar-refractivity contribution in [3.8, 4) is 0 Å². The zero-order valence-electron chi connectivity index (χ0n) is 13.0. The van der Waals surface area contributed by atoms with Crippen molar-refractivity contribution in [2.75, 3.05) is 13.2 Å². The molecule has 1 fully saturated rings. The van der Waals surface area contributed by atoms with E-state index in [-0.39, 0.29) is 5.60 Å². The lowest BCUT2D eigenvalue weighted by Gasteiger charge is -2.38. The molecule has 0 aromatic carbocycles. The van der Waals surface area contributed by atoms with Crippen molar-refractivity contribution in [3.63, 3.8) is 0 Å². The molecule has 1 N–H and O–H groups in total. The fourth-order valence-corrected chi connectivity index (χ4v) is 1.96. The summed E-state index contributed by atoms with van der Waals surface area (Å²) in [6.45, 7) is 14.4. The highest BCUT2D eigenvalue weighted by molar-refractivity contribution is 4.88. The minimum absolute atomic E-state index is 0.0558. The lowest BCUT2D eigenvalue weighted by atomic mass is 9.88. The molecular formula is C15H31NO2. The standard InChI is InChI=1S/C15H31NO2/c1-11(2)12(3)16-13-9-14(10-13)17-7-8-18-15(4,5)6/h11-14,16H,7-10H2,1-6H3/t12-,13?,14?/m0/s1. The number of hydrogen-bond acceptors (Lipinski definition) is 3. The monoisotopic (exact) mass is 257 g/mol. The van der Waals surface area contributed by atoms with E-state index in [4.69, 9.17) is 9.47 Å². The molecule has 0 radical (unpaired) electrons. The second kappa shape index (κ2) is 6.88. The minimum atomic E-state index is -0.0558. The quantitative estimate of drug-likeness (QED) is 0.711. The van der Waals surface area contributed by atoms with Crippen LogP contribution in [0.3, 0.4) is 0 Å². The van der Waals surface area contributed by atoms with E-state index in [0.717, 1.165) is 12.8 Å². The molecule has 0 bridgehead atoms. The fraction of sp³-hybridized carbons (Fsp3) is 1.00. The number of rotatable bonds is 7. The molecule has 1 rings (SSSR count). The van der Waals surface area contributed by atoms with Crippen molar-refractivity contribution in [1.82, 2.24) is 5.32 Å². The van der Waals surface area contributed by atoms with Crippen molar-refractivity contribution in [3.05, 3.63) is 0 Å². The summed E-state index contributed by atoms with van der Waals surface area (Å²) >= 11 is 0. The van der Waals surface area contributed by atoms with Gasteiger partial charge in [0.1, 0.15) is 0 Å². The Morgan fingerprint density at radius 1 is 1.11 bits per heavy atom. The van der Waals surface area contributed by atoms with Crippen molar-refractivity contribution in [1.29, 1.82) is 0 Å². The first-order valence-corrected chi connectivity index (χ1v) is 7.29. The van der Waals surface area contributed by atoms with Crippen LogP contribution in [0.5, 0.6) is 0 Å². The molecule has 0 aromatic heterocycles. The van der Waals surface area contributed by atoms with Gasteiger partial charge in [-0.15, -0.1) is 0 Å². The van der Waals surface area contributed by atoms with Crippen molar-refractivity contribution in [2.45, 2.75) is 78.2 Å². The summed E-state index contributed by atoms with van der Waals surface area (Å²) in [7, 11) is 0. The molecule has 18 heavy (non-hydrogen) atoms. The molecule has 0 spiro atoms. The molecule has 3 nitrogen and oxygen atoms in total. The van der Waals surface area contributed by atoms with Gasteiger partial charge in [-0.1, -0.05) is 13.8 Å². The van der Waals surface area contributed by atoms with Gasteiger partial charge in [0.2, 0.25) is 0 Å². The van der Waals surface area contributed by atoms with Gasteiger partial charge in [-0.2, -0.15) is 0 Å². The van der Waals surface area contributed by atoms with Crippen LogP contribution in [0.1, 0.15) is 54.4 Å². The van der Waals surface area contributed by atoms with Crippen molar-refractivity contribution >= 4 is 0 Å². The van der Waals surface area contributed by atoms with E-state index in [9.17, 15) is 0 Å². The van der Waals surface area contributed by atoms with E-state index in [1.807, 2.05) is 0 Å². The molecule has 0 amide bonds. The van der Waals surface area contributed by atoms with Crippen LogP contribution in [0.15, 0.2) is 0 Å². The molecule has 1 aliphatic rings. The van der Waals surface area contributed by atoms with Gasteiger partial charge in [-0.3, -0.25) is 0 Å². The molecule has 1 atom stereocenters. The molecule has 1 saturated carbocycles. The van der Waals surface area contributed by atoms with E-state index >= 15 is 0 Å². The van der Waals surface area contributed by atoms with Crippen LogP contribution in [-0.4, -0.2) is 37.0 Å². The maximum atomic E-state index is 5.78. The minimum Gasteiger partial charge on any atom is -0.376 e. The van der Waals surface area contributed by atoms with Gasteiger partial charge in [-0.25, -0.2) is 0 Å². The molecule has 1 aliphatic carbocycles. The second-order valence-corrected chi connectivity index (χ2v) is 6.82. The molecule has 0 saturated heterocycles. The summed E-state index contributed by atoms with van der Waals surface area (Å²) in [5.74, 6) is 0.699. The number of ether oxygens (including phenoxy) is 2. The molecule has 0 aliphatic heterocycles. The van der Waals surface area contributed by atoms with Crippen LogP contribution < -0.4 is 5.32 Å². The van der Waals surface area contributed by atoms with Crippen molar-refractivity contribution in [2.24, 2.45) is 5.92 Å². The highest BCUT2D eigenvalue weighted by Gasteiger charge is 2.30. The van der Waals surface area contributed by atoms with Gasteiger partial charge in [0, 0.05) is 12.1 Å². The fourth-order valence-electron chi connectivity index (χ4n) is 1.96. The van der Waals surface area contributed by atoms with Crippen LogP contribution >= 0.6 is 0 Å². The first kappa shape index (κ1) is 15.9. The summed E-state index contributed by atoms with van der Waals surface area (Å²) < 4.78 is 11.4. The molecule has 0 heterocycles.